The molecule has 0 N–H and O–H groups in total. The first kappa shape index (κ1) is 11.9. The fraction of sp³-hybridized carbons (Fsp3) is 0.500. The Morgan fingerprint density at radius 1 is 0.929 bits per heavy atom. The second kappa shape index (κ2) is 4.13. The van der Waals surface area contributed by atoms with Gasteiger partial charge in [-0.05, 0) is 0 Å². The van der Waals surface area contributed by atoms with Crippen LogP contribution in [0, 0.1) is 20.8 Å². The molecule has 2 heteroatoms. The third-order valence-corrected chi connectivity index (χ3v) is 4.34. The van der Waals surface area contributed by atoms with Crippen LogP contribution >= 0.6 is 0 Å². The summed E-state index contributed by atoms with van der Waals surface area (Å²) < 4.78 is 6.13. The van der Waals surface area contributed by atoms with Gasteiger partial charge in [0.2, 0.25) is 0 Å². The Hall–Kier alpha value is -0.181. The predicted molar refractivity (Wildman–Crippen MR) is 64.6 cm³/mol. The van der Waals surface area contributed by atoms with Crippen LogP contribution in [-0.2, 0) is 0 Å². The summed E-state index contributed by atoms with van der Waals surface area (Å²) >= 11 is -2.17. The Kier molecular flexibility index (Phi) is 3.51. The summed E-state index contributed by atoms with van der Waals surface area (Å²) in [5.41, 5.74) is 3.86. The summed E-state index contributed by atoms with van der Waals surface area (Å²) in [7, 11) is 0. The maximum absolute atomic E-state index is 6.13. The van der Waals surface area contributed by atoms with E-state index < -0.39 is 18.8 Å². The average Bonchev–Trinajstić information content (AvgIpc) is 1.95. The zero-order valence-corrected chi connectivity index (χ0v) is 12.9. The van der Waals surface area contributed by atoms with E-state index in [1.54, 1.807) is 0 Å². The minimum absolute atomic E-state index is 1.12. The first-order valence-electron chi connectivity index (χ1n) is 5.06. The molecule has 0 aliphatic rings. The van der Waals surface area contributed by atoms with Crippen LogP contribution < -0.4 is 3.07 Å². The molecule has 0 atom stereocenters. The zero-order chi connectivity index (χ0) is 10.9. The van der Waals surface area contributed by atoms with E-state index in [2.05, 4.69) is 47.7 Å². The van der Waals surface area contributed by atoms with Crippen molar-refractivity contribution in [2.75, 3.05) is 0 Å². The normalized spacial score (nSPS) is 11.6. The molecule has 1 aromatic rings. The van der Waals surface area contributed by atoms with E-state index in [0.717, 1.165) is 5.75 Å². The quantitative estimate of drug-likeness (QED) is 0.754. The minimum atomic E-state index is -2.17. The third kappa shape index (κ3) is 3.19. The molecule has 0 unspecified atom stereocenters. The molecule has 14 heavy (non-hydrogen) atoms. The maximum atomic E-state index is 6.13. The van der Waals surface area contributed by atoms with E-state index in [0.29, 0.717) is 0 Å². The molecular formula is C12H20OSn. The van der Waals surface area contributed by atoms with Gasteiger partial charge in [-0.25, -0.2) is 0 Å². The first-order chi connectivity index (χ1) is 6.29. The van der Waals surface area contributed by atoms with Gasteiger partial charge in [0.05, 0.1) is 0 Å². The van der Waals surface area contributed by atoms with Crippen LogP contribution in [0.4, 0.5) is 0 Å². The molecule has 0 radical (unpaired) electrons. The van der Waals surface area contributed by atoms with Crippen LogP contribution in [0.2, 0.25) is 14.8 Å². The van der Waals surface area contributed by atoms with Crippen molar-refractivity contribution in [1.82, 2.24) is 0 Å². The standard InChI is InChI=1S/C9H12O.3CH3.Sn/c1-6-4-7(2)9(10)8(3)5-6;;;;/h4-5,10H,1-3H3;3*1H3;/q;;;;+1/p-1. The molecular weight excluding hydrogens is 279 g/mol. The Bertz CT molecular complexity index is 314. The van der Waals surface area contributed by atoms with E-state index in [-0.39, 0.29) is 0 Å². The fourth-order valence-corrected chi connectivity index (χ4v) is 4.30. The van der Waals surface area contributed by atoms with E-state index in [9.17, 15) is 0 Å². The van der Waals surface area contributed by atoms with Crippen molar-refractivity contribution < 1.29 is 3.07 Å². The molecule has 1 rings (SSSR count). The molecule has 1 nitrogen and oxygen atoms in total. The van der Waals surface area contributed by atoms with Gasteiger partial charge in [-0.2, -0.15) is 0 Å². The van der Waals surface area contributed by atoms with Crippen LogP contribution in [0.15, 0.2) is 12.1 Å². The van der Waals surface area contributed by atoms with Gasteiger partial charge >= 0.3 is 92.0 Å². The molecule has 0 saturated carbocycles. The fourth-order valence-electron chi connectivity index (χ4n) is 1.63. The van der Waals surface area contributed by atoms with Crippen molar-refractivity contribution in [1.29, 1.82) is 0 Å². The molecule has 0 saturated heterocycles. The molecule has 78 valence electrons. The van der Waals surface area contributed by atoms with Crippen LogP contribution in [0.1, 0.15) is 16.7 Å². The van der Waals surface area contributed by atoms with Gasteiger partial charge in [-0.3, -0.25) is 0 Å². The van der Waals surface area contributed by atoms with Gasteiger partial charge in [0.25, 0.3) is 0 Å². The zero-order valence-electron chi connectivity index (χ0n) is 10.1. The van der Waals surface area contributed by atoms with Gasteiger partial charge in [-0.15, -0.1) is 0 Å². The Labute approximate surface area is 91.9 Å². The Morgan fingerprint density at radius 3 is 1.71 bits per heavy atom. The Morgan fingerprint density at radius 2 is 1.36 bits per heavy atom. The molecule has 0 amide bonds. The van der Waals surface area contributed by atoms with Crippen LogP contribution in [0.25, 0.3) is 0 Å². The molecule has 0 fully saturated rings. The van der Waals surface area contributed by atoms with E-state index >= 15 is 0 Å². The molecule has 0 spiro atoms. The van der Waals surface area contributed by atoms with Crippen molar-refractivity contribution in [3.63, 3.8) is 0 Å². The SMILES string of the molecule is Cc1cc(C)c([O][Sn]([CH3])([CH3])[CH3])c(C)c1. The summed E-state index contributed by atoms with van der Waals surface area (Å²) in [6.07, 6.45) is 0. The summed E-state index contributed by atoms with van der Waals surface area (Å²) in [6.45, 7) is 6.39. The number of hydrogen-bond donors (Lipinski definition) is 0. The van der Waals surface area contributed by atoms with Crippen molar-refractivity contribution in [2.45, 2.75) is 35.6 Å². The van der Waals surface area contributed by atoms with Gasteiger partial charge in [0.1, 0.15) is 0 Å². The monoisotopic (exact) mass is 300 g/mol. The molecule has 1 aromatic carbocycles. The van der Waals surface area contributed by atoms with Gasteiger partial charge < -0.3 is 0 Å². The van der Waals surface area contributed by atoms with Crippen molar-refractivity contribution in [3.8, 4) is 5.75 Å². The summed E-state index contributed by atoms with van der Waals surface area (Å²) in [5.74, 6) is 1.12. The van der Waals surface area contributed by atoms with Gasteiger partial charge in [-0.1, -0.05) is 0 Å². The Balaban J connectivity index is 3.09. The van der Waals surface area contributed by atoms with E-state index in [4.69, 9.17) is 3.07 Å². The second-order valence-electron chi connectivity index (χ2n) is 4.94. The topological polar surface area (TPSA) is 9.23 Å². The summed E-state index contributed by atoms with van der Waals surface area (Å²) in [5, 5.41) is 0. The predicted octanol–water partition coefficient (Wildman–Crippen LogP) is 3.83. The molecule has 0 heterocycles. The number of aryl methyl sites for hydroxylation is 3. The van der Waals surface area contributed by atoms with E-state index in [1.165, 1.54) is 16.7 Å². The van der Waals surface area contributed by atoms with Crippen LogP contribution in [0.3, 0.4) is 0 Å². The van der Waals surface area contributed by atoms with Crippen LogP contribution in [0.5, 0.6) is 5.75 Å². The molecule has 0 aromatic heterocycles. The molecule has 0 aliphatic heterocycles. The van der Waals surface area contributed by atoms with Gasteiger partial charge in [0, 0.05) is 0 Å². The second-order valence-corrected chi connectivity index (χ2v) is 17.6. The first-order valence-corrected chi connectivity index (χ1v) is 14.8. The summed E-state index contributed by atoms with van der Waals surface area (Å²) in [6, 6.07) is 4.39. The van der Waals surface area contributed by atoms with Gasteiger partial charge in [0.15, 0.2) is 0 Å². The van der Waals surface area contributed by atoms with Crippen molar-refractivity contribution in [3.05, 3.63) is 28.8 Å². The van der Waals surface area contributed by atoms with Crippen molar-refractivity contribution >= 4 is 18.8 Å². The van der Waals surface area contributed by atoms with Crippen LogP contribution in [-0.4, -0.2) is 18.8 Å². The van der Waals surface area contributed by atoms with E-state index in [1.807, 2.05) is 0 Å². The number of rotatable bonds is 2. The number of hydrogen-bond acceptors (Lipinski definition) is 1. The third-order valence-electron chi connectivity index (χ3n) is 2.01. The molecule has 0 aliphatic carbocycles. The average molecular weight is 299 g/mol. The van der Waals surface area contributed by atoms with Crippen molar-refractivity contribution in [2.24, 2.45) is 0 Å². The summed E-state index contributed by atoms with van der Waals surface area (Å²) in [4.78, 5) is 6.86. The number of benzene rings is 1. The molecule has 0 bridgehead atoms.